The van der Waals surface area contributed by atoms with Crippen LogP contribution in [-0.2, 0) is 22.5 Å². The summed E-state index contributed by atoms with van der Waals surface area (Å²) in [6.07, 6.45) is 7.04. The number of carboxylic acids is 1. The molecule has 2 atom stereocenters. The van der Waals surface area contributed by atoms with E-state index in [1.54, 1.807) is 0 Å². The van der Waals surface area contributed by atoms with Crippen LogP contribution in [0.5, 0.6) is 0 Å². The number of ether oxygens (including phenoxy) is 1. The minimum absolute atomic E-state index is 0.0753. The molecule has 1 aromatic carbocycles. The summed E-state index contributed by atoms with van der Waals surface area (Å²) < 4.78 is 6.41. The molecule has 4 nitrogen and oxygen atoms in total. The summed E-state index contributed by atoms with van der Waals surface area (Å²) in [5.74, 6) is 0.990. The highest BCUT2D eigenvalue weighted by atomic mass is 16.5. The van der Waals surface area contributed by atoms with Crippen LogP contribution < -0.4 is 5.32 Å². The molecular weight excluding hydrogens is 302 g/mol. The van der Waals surface area contributed by atoms with Crippen LogP contribution in [0.15, 0.2) is 18.2 Å². The largest absolute Gasteiger partial charge is 0.481 e. The Bertz CT molecular complexity index is 604. The molecule has 2 saturated heterocycles. The van der Waals surface area contributed by atoms with Crippen molar-refractivity contribution in [2.24, 2.45) is 11.8 Å². The van der Waals surface area contributed by atoms with Crippen LogP contribution in [0.2, 0.25) is 0 Å². The fraction of sp³-hybridized carbons (Fsp3) is 0.650. The first-order valence-corrected chi connectivity index (χ1v) is 9.20. The van der Waals surface area contributed by atoms with Crippen molar-refractivity contribution >= 4 is 5.97 Å². The summed E-state index contributed by atoms with van der Waals surface area (Å²) in [6, 6.07) is 5.98. The zero-order valence-corrected chi connectivity index (χ0v) is 14.4. The number of carbonyl (C=O) groups is 1. The van der Waals surface area contributed by atoms with Crippen LogP contribution in [-0.4, -0.2) is 29.3 Å². The van der Waals surface area contributed by atoms with Crippen LogP contribution >= 0.6 is 0 Å². The predicted octanol–water partition coefficient (Wildman–Crippen LogP) is 3.06. The number of aryl methyl sites for hydroxylation is 1. The SMILES string of the molecule is Cc1cc(CC(=O)O)ccc1CNCC12CC3CC(CC(C3)O1)C2. The van der Waals surface area contributed by atoms with Crippen LogP contribution in [0.25, 0.3) is 0 Å². The topological polar surface area (TPSA) is 58.6 Å². The van der Waals surface area contributed by atoms with E-state index < -0.39 is 5.97 Å². The van der Waals surface area contributed by atoms with Gasteiger partial charge >= 0.3 is 5.97 Å². The molecule has 2 unspecified atom stereocenters. The molecule has 4 fully saturated rings. The lowest BCUT2D eigenvalue weighted by Gasteiger charge is -2.56. The summed E-state index contributed by atoms with van der Waals surface area (Å²) in [6.45, 7) is 3.82. The van der Waals surface area contributed by atoms with Gasteiger partial charge in [-0.25, -0.2) is 0 Å². The second-order valence-corrected chi connectivity index (χ2v) is 8.21. The molecule has 0 radical (unpaired) electrons. The summed E-state index contributed by atoms with van der Waals surface area (Å²) in [5, 5.41) is 12.5. The molecule has 4 bridgehead atoms. The summed E-state index contributed by atoms with van der Waals surface area (Å²) in [4.78, 5) is 10.8. The molecule has 2 heterocycles. The molecule has 5 rings (SSSR count). The van der Waals surface area contributed by atoms with Gasteiger partial charge in [0.15, 0.2) is 0 Å². The van der Waals surface area contributed by atoms with Crippen LogP contribution in [0.1, 0.15) is 48.8 Å². The number of benzene rings is 1. The van der Waals surface area contributed by atoms with Crippen molar-refractivity contribution in [3.63, 3.8) is 0 Å². The van der Waals surface area contributed by atoms with Crippen molar-refractivity contribution in [1.82, 2.24) is 5.32 Å². The van der Waals surface area contributed by atoms with Gasteiger partial charge in [0.25, 0.3) is 0 Å². The van der Waals surface area contributed by atoms with Crippen LogP contribution in [0.3, 0.4) is 0 Å². The molecule has 4 heteroatoms. The van der Waals surface area contributed by atoms with Crippen molar-refractivity contribution < 1.29 is 14.6 Å². The average Bonchev–Trinajstić information content (AvgIpc) is 2.47. The molecule has 0 amide bonds. The highest BCUT2D eigenvalue weighted by Crippen LogP contribution is 2.52. The Morgan fingerprint density at radius 2 is 2.04 bits per heavy atom. The third-order valence-corrected chi connectivity index (χ3v) is 6.12. The van der Waals surface area contributed by atoms with E-state index >= 15 is 0 Å². The second-order valence-electron chi connectivity index (χ2n) is 8.21. The van der Waals surface area contributed by atoms with Crippen molar-refractivity contribution in [3.8, 4) is 0 Å². The molecule has 4 aliphatic rings. The van der Waals surface area contributed by atoms with Crippen molar-refractivity contribution in [1.29, 1.82) is 0 Å². The zero-order chi connectivity index (χ0) is 16.7. The number of aliphatic carboxylic acids is 1. The Morgan fingerprint density at radius 1 is 1.29 bits per heavy atom. The highest BCUT2D eigenvalue weighted by molar-refractivity contribution is 5.70. The number of hydrogen-bond acceptors (Lipinski definition) is 3. The minimum atomic E-state index is -0.778. The lowest BCUT2D eigenvalue weighted by molar-refractivity contribution is -0.217. The lowest BCUT2D eigenvalue weighted by atomic mass is 9.62. The highest BCUT2D eigenvalue weighted by Gasteiger charge is 2.51. The monoisotopic (exact) mass is 329 g/mol. The van der Waals surface area contributed by atoms with Crippen molar-refractivity contribution in [2.75, 3.05) is 6.54 Å². The Hall–Kier alpha value is -1.39. The quantitative estimate of drug-likeness (QED) is 0.842. The van der Waals surface area contributed by atoms with Gasteiger partial charge in [-0.15, -0.1) is 0 Å². The van der Waals surface area contributed by atoms with Gasteiger partial charge < -0.3 is 15.2 Å². The van der Waals surface area contributed by atoms with Gasteiger partial charge in [-0.05, 0) is 67.6 Å². The summed E-state index contributed by atoms with van der Waals surface area (Å²) >= 11 is 0. The average molecular weight is 329 g/mol. The van der Waals surface area contributed by atoms with E-state index in [1.807, 2.05) is 12.1 Å². The lowest BCUT2D eigenvalue weighted by Crippen LogP contribution is -2.58. The van der Waals surface area contributed by atoms with E-state index in [0.717, 1.165) is 36.1 Å². The molecule has 130 valence electrons. The number of nitrogens with one attached hydrogen (secondary N) is 1. The van der Waals surface area contributed by atoms with E-state index in [1.165, 1.54) is 37.7 Å². The zero-order valence-electron chi connectivity index (χ0n) is 14.4. The molecule has 2 N–H and O–H groups in total. The van der Waals surface area contributed by atoms with Gasteiger partial charge in [-0.2, -0.15) is 0 Å². The summed E-state index contributed by atoms with van der Waals surface area (Å²) in [7, 11) is 0. The standard InChI is InChI=1S/C20H27NO3/c1-13-4-14(8-19(22)23)2-3-17(13)11-21-12-20-9-15-5-16(10-20)7-18(6-15)24-20/h2-4,15-16,18,21H,5-12H2,1H3,(H,22,23). The predicted molar refractivity (Wildman–Crippen MR) is 91.9 cm³/mol. The maximum absolute atomic E-state index is 10.8. The van der Waals surface area contributed by atoms with Crippen molar-refractivity contribution in [2.45, 2.75) is 63.7 Å². The molecule has 2 aliphatic heterocycles. The first-order chi connectivity index (χ1) is 11.5. The Morgan fingerprint density at radius 3 is 2.67 bits per heavy atom. The van der Waals surface area contributed by atoms with Gasteiger partial charge in [-0.1, -0.05) is 18.2 Å². The maximum atomic E-state index is 10.8. The number of carboxylic acid groups (broad SMARTS) is 1. The minimum Gasteiger partial charge on any atom is -0.481 e. The third kappa shape index (κ3) is 3.22. The Labute approximate surface area is 143 Å². The first kappa shape index (κ1) is 16.1. The van der Waals surface area contributed by atoms with E-state index in [4.69, 9.17) is 9.84 Å². The third-order valence-electron chi connectivity index (χ3n) is 6.12. The van der Waals surface area contributed by atoms with Crippen molar-refractivity contribution in [3.05, 3.63) is 34.9 Å². The van der Waals surface area contributed by atoms with Gasteiger partial charge in [0.1, 0.15) is 0 Å². The molecule has 0 spiro atoms. The van der Waals surface area contributed by atoms with Gasteiger partial charge in [0, 0.05) is 13.1 Å². The van der Waals surface area contributed by atoms with Crippen LogP contribution in [0.4, 0.5) is 0 Å². The smallest absolute Gasteiger partial charge is 0.307 e. The number of hydrogen-bond donors (Lipinski definition) is 2. The number of rotatable bonds is 6. The van der Waals surface area contributed by atoms with Gasteiger partial charge in [-0.3, -0.25) is 4.79 Å². The van der Waals surface area contributed by atoms with Gasteiger partial charge in [0.05, 0.1) is 18.1 Å². The molecule has 2 saturated carbocycles. The molecule has 0 aromatic heterocycles. The van der Waals surface area contributed by atoms with E-state index in [-0.39, 0.29) is 12.0 Å². The Balaban J connectivity index is 1.35. The molecular formula is C20H27NO3. The van der Waals surface area contributed by atoms with E-state index in [0.29, 0.717) is 6.10 Å². The second kappa shape index (κ2) is 6.16. The van der Waals surface area contributed by atoms with Crippen LogP contribution in [0, 0.1) is 18.8 Å². The van der Waals surface area contributed by atoms with E-state index in [9.17, 15) is 4.79 Å². The first-order valence-electron chi connectivity index (χ1n) is 9.20. The fourth-order valence-corrected chi connectivity index (χ4v) is 5.37. The molecule has 24 heavy (non-hydrogen) atoms. The fourth-order valence-electron chi connectivity index (χ4n) is 5.37. The Kier molecular flexibility index (Phi) is 4.13. The van der Waals surface area contributed by atoms with E-state index in [2.05, 4.69) is 18.3 Å². The normalized spacial score (nSPS) is 33.8. The maximum Gasteiger partial charge on any atom is 0.307 e. The molecule has 1 aromatic rings. The summed E-state index contributed by atoms with van der Waals surface area (Å²) in [5.41, 5.74) is 3.35. The molecule has 2 aliphatic carbocycles. The van der Waals surface area contributed by atoms with Gasteiger partial charge in [0.2, 0.25) is 0 Å².